The van der Waals surface area contributed by atoms with Gasteiger partial charge in [0.2, 0.25) is 0 Å². The van der Waals surface area contributed by atoms with Gasteiger partial charge in [0.15, 0.2) is 0 Å². The van der Waals surface area contributed by atoms with E-state index < -0.39 is 0 Å². The monoisotopic (exact) mass is 310 g/mol. The molecule has 98 valence electrons. The highest BCUT2D eigenvalue weighted by Crippen LogP contribution is 2.26. The van der Waals surface area contributed by atoms with E-state index >= 15 is 0 Å². The number of halogens is 1. The Bertz CT molecular complexity index is 521. The van der Waals surface area contributed by atoms with Gasteiger partial charge >= 0.3 is 0 Å². The van der Waals surface area contributed by atoms with Crippen molar-refractivity contribution < 1.29 is 4.42 Å². The minimum Gasteiger partial charge on any atom is -0.459 e. The van der Waals surface area contributed by atoms with Crippen LogP contribution in [0.3, 0.4) is 0 Å². The molecule has 0 aliphatic rings. The minimum absolute atomic E-state index is 0.321. The van der Waals surface area contributed by atoms with Crippen LogP contribution in [0.1, 0.15) is 19.6 Å². The molecule has 0 aliphatic heterocycles. The van der Waals surface area contributed by atoms with E-state index in [-0.39, 0.29) is 0 Å². The average molecular weight is 311 g/mol. The van der Waals surface area contributed by atoms with E-state index in [0.717, 1.165) is 21.2 Å². The summed E-state index contributed by atoms with van der Waals surface area (Å²) in [6.45, 7) is 5.68. The Kier molecular flexibility index (Phi) is 4.43. The van der Waals surface area contributed by atoms with Gasteiger partial charge in [-0.15, -0.1) is 0 Å². The first kappa shape index (κ1) is 13.6. The highest BCUT2D eigenvalue weighted by Gasteiger charge is 2.12. The van der Waals surface area contributed by atoms with Crippen LogP contribution in [-0.2, 0) is 6.54 Å². The van der Waals surface area contributed by atoms with E-state index in [1.165, 1.54) is 0 Å². The lowest BCUT2D eigenvalue weighted by Crippen LogP contribution is -2.39. The maximum atomic E-state index is 5.82. The summed E-state index contributed by atoms with van der Waals surface area (Å²) in [5.74, 6) is 1.46. The molecule has 0 fully saturated rings. The molecule has 2 aromatic rings. The zero-order valence-electron chi connectivity index (χ0n) is 10.7. The van der Waals surface area contributed by atoms with Crippen LogP contribution >= 0.6 is 15.9 Å². The van der Waals surface area contributed by atoms with E-state index in [0.29, 0.717) is 25.0 Å². The van der Waals surface area contributed by atoms with E-state index in [4.69, 9.17) is 10.2 Å². The van der Waals surface area contributed by atoms with Crippen LogP contribution in [0.2, 0.25) is 0 Å². The number of hydrogen-bond donors (Lipinski definition) is 2. The van der Waals surface area contributed by atoms with Gasteiger partial charge in [-0.1, -0.05) is 26.0 Å². The molecule has 0 bridgehead atoms. The van der Waals surface area contributed by atoms with Gasteiger partial charge in [-0.2, -0.15) is 0 Å². The van der Waals surface area contributed by atoms with Gasteiger partial charge in [-0.3, -0.25) is 0 Å². The molecule has 1 unspecified atom stereocenters. The number of benzene rings is 1. The zero-order valence-corrected chi connectivity index (χ0v) is 12.3. The van der Waals surface area contributed by atoms with Crippen molar-refractivity contribution >= 4 is 26.9 Å². The quantitative estimate of drug-likeness (QED) is 0.891. The summed E-state index contributed by atoms with van der Waals surface area (Å²) in [6, 6.07) is 8.44. The molecule has 3 nitrogen and oxygen atoms in total. The van der Waals surface area contributed by atoms with Crippen molar-refractivity contribution in [2.75, 3.05) is 6.54 Å². The number of furan rings is 1. The fraction of sp³-hybridized carbons (Fsp3) is 0.429. The van der Waals surface area contributed by atoms with E-state index in [1.54, 1.807) is 0 Å². The van der Waals surface area contributed by atoms with Crippen LogP contribution in [0.4, 0.5) is 0 Å². The third-order valence-electron chi connectivity index (χ3n) is 3.14. The first-order valence-corrected chi connectivity index (χ1v) is 7.01. The summed E-state index contributed by atoms with van der Waals surface area (Å²) in [5, 5.41) is 4.55. The standard InChI is InChI=1S/C14H19BrN2O/c1-9(2)13(7-16)17-8-11-6-10-4-3-5-12(15)14(10)18-11/h3-6,9,13,17H,7-8,16H2,1-2H3. The molecule has 4 heteroatoms. The number of nitrogens with one attached hydrogen (secondary N) is 1. The summed E-state index contributed by atoms with van der Waals surface area (Å²) in [6.07, 6.45) is 0. The van der Waals surface area contributed by atoms with Crippen molar-refractivity contribution in [3.63, 3.8) is 0 Å². The van der Waals surface area contributed by atoms with Crippen LogP contribution in [0.25, 0.3) is 11.0 Å². The molecule has 0 aliphatic carbocycles. The van der Waals surface area contributed by atoms with Gasteiger partial charge in [0, 0.05) is 18.0 Å². The number of hydrogen-bond acceptors (Lipinski definition) is 3. The Morgan fingerprint density at radius 3 is 2.78 bits per heavy atom. The Balaban J connectivity index is 2.10. The lowest BCUT2D eigenvalue weighted by atomic mass is 10.0. The predicted octanol–water partition coefficient (Wildman–Crippen LogP) is 3.27. The molecule has 2 rings (SSSR count). The van der Waals surface area contributed by atoms with Gasteiger partial charge in [0.1, 0.15) is 11.3 Å². The van der Waals surface area contributed by atoms with E-state index in [9.17, 15) is 0 Å². The second-order valence-electron chi connectivity index (χ2n) is 4.84. The van der Waals surface area contributed by atoms with E-state index in [2.05, 4.69) is 47.2 Å². The third-order valence-corrected chi connectivity index (χ3v) is 3.77. The summed E-state index contributed by atoms with van der Waals surface area (Å²) in [7, 11) is 0. The summed E-state index contributed by atoms with van der Waals surface area (Å²) in [4.78, 5) is 0. The molecule has 1 atom stereocenters. The molecule has 0 radical (unpaired) electrons. The van der Waals surface area contributed by atoms with Crippen molar-refractivity contribution in [2.24, 2.45) is 11.7 Å². The number of nitrogens with two attached hydrogens (primary N) is 1. The minimum atomic E-state index is 0.321. The average Bonchev–Trinajstić information content (AvgIpc) is 2.74. The van der Waals surface area contributed by atoms with Crippen molar-refractivity contribution in [3.8, 4) is 0 Å². The molecule has 18 heavy (non-hydrogen) atoms. The first-order valence-electron chi connectivity index (χ1n) is 6.22. The van der Waals surface area contributed by atoms with Crippen LogP contribution in [0.15, 0.2) is 33.2 Å². The Morgan fingerprint density at radius 2 is 2.17 bits per heavy atom. The second-order valence-corrected chi connectivity index (χ2v) is 5.69. The lowest BCUT2D eigenvalue weighted by molar-refractivity contribution is 0.385. The Labute approximate surface area is 116 Å². The van der Waals surface area contributed by atoms with Crippen molar-refractivity contribution in [2.45, 2.75) is 26.4 Å². The molecule has 0 spiro atoms. The van der Waals surface area contributed by atoms with Crippen LogP contribution in [-0.4, -0.2) is 12.6 Å². The largest absolute Gasteiger partial charge is 0.459 e. The SMILES string of the molecule is CC(C)C(CN)NCc1cc2cccc(Br)c2o1. The molecule has 3 N–H and O–H groups in total. The molecular formula is C14H19BrN2O. The summed E-state index contributed by atoms with van der Waals surface area (Å²) >= 11 is 3.49. The third kappa shape index (κ3) is 2.94. The van der Waals surface area contributed by atoms with Crippen molar-refractivity contribution in [1.82, 2.24) is 5.32 Å². The highest BCUT2D eigenvalue weighted by molar-refractivity contribution is 9.10. The summed E-state index contributed by atoms with van der Waals surface area (Å²) < 4.78 is 6.81. The zero-order chi connectivity index (χ0) is 13.1. The molecule has 0 saturated carbocycles. The maximum Gasteiger partial charge on any atom is 0.148 e. The number of fused-ring (bicyclic) bond motifs is 1. The van der Waals surface area contributed by atoms with Crippen molar-refractivity contribution in [1.29, 1.82) is 0 Å². The smallest absolute Gasteiger partial charge is 0.148 e. The van der Waals surface area contributed by atoms with Crippen LogP contribution in [0.5, 0.6) is 0 Å². The predicted molar refractivity (Wildman–Crippen MR) is 78.4 cm³/mol. The Hall–Kier alpha value is -0.840. The topological polar surface area (TPSA) is 51.2 Å². The second kappa shape index (κ2) is 5.87. The fourth-order valence-electron chi connectivity index (χ4n) is 1.99. The molecule has 1 aromatic carbocycles. The van der Waals surface area contributed by atoms with Crippen molar-refractivity contribution in [3.05, 3.63) is 34.5 Å². The fourth-order valence-corrected chi connectivity index (χ4v) is 2.45. The first-order chi connectivity index (χ1) is 8.61. The van der Waals surface area contributed by atoms with Gasteiger partial charge in [-0.05, 0) is 34.0 Å². The van der Waals surface area contributed by atoms with Crippen LogP contribution in [0, 0.1) is 5.92 Å². The van der Waals surface area contributed by atoms with Gasteiger partial charge in [-0.25, -0.2) is 0 Å². The van der Waals surface area contributed by atoms with Gasteiger partial charge < -0.3 is 15.5 Å². The molecule has 1 heterocycles. The summed E-state index contributed by atoms with van der Waals surface area (Å²) in [5.41, 5.74) is 6.64. The maximum absolute atomic E-state index is 5.82. The lowest BCUT2D eigenvalue weighted by Gasteiger charge is -2.19. The highest BCUT2D eigenvalue weighted by atomic mass is 79.9. The number of rotatable bonds is 5. The molecular weight excluding hydrogens is 292 g/mol. The normalized spacial score (nSPS) is 13.4. The van der Waals surface area contributed by atoms with Gasteiger partial charge in [0.25, 0.3) is 0 Å². The number of para-hydroxylation sites is 1. The molecule has 1 aromatic heterocycles. The molecule has 0 amide bonds. The van der Waals surface area contributed by atoms with Gasteiger partial charge in [0.05, 0.1) is 11.0 Å². The van der Waals surface area contributed by atoms with E-state index in [1.807, 2.05) is 12.1 Å². The molecule has 0 saturated heterocycles. The van der Waals surface area contributed by atoms with Crippen LogP contribution < -0.4 is 11.1 Å². The Morgan fingerprint density at radius 1 is 1.39 bits per heavy atom.